The second-order valence-corrected chi connectivity index (χ2v) is 8.79. The summed E-state index contributed by atoms with van der Waals surface area (Å²) in [6.07, 6.45) is -6.11. The maximum absolute atomic E-state index is 14.7. The molecule has 1 N–H and O–H groups in total. The molecule has 6 nitrogen and oxygen atoms in total. The molecule has 0 spiro atoms. The first-order valence-corrected chi connectivity index (χ1v) is 11.7. The summed E-state index contributed by atoms with van der Waals surface area (Å²) in [5, 5.41) is 10.0. The third-order valence-corrected chi connectivity index (χ3v) is 6.03. The number of aliphatic carboxylic acids is 1. The summed E-state index contributed by atoms with van der Waals surface area (Å²) < 4.78 is 64.4. The quantitative estimate of drug-likeness (QED) is 0.187. The van der Waals surface area contributed by atoms with Crippen LogP contribution in [0.4, 0.5) is 17.6 Å². The highest BCUT2D eigenvalue weighted by Gasteiger charge is 2.32. The minimum atomic E-state index is -4.96. The lowest BCUT2D eigenvalue weighted by Crippen LogP contribution is -2.26. The van der Waals surface area contributed by atoms with Crippen LogP contribution in [0.25, 0.3) is 16.6 Å². The molecule has 0 aliphatic heterocycles. The Bertz CT molecular complexity index is 1530. The Morgan fingerprint density at radius 2 is 1.71 bits per heavy atom. The molecule has 1 heterocycles. The van der Waals surface area contributed by atoms with Crippen LogP contribution in [0.15, 0.2) is 60.7 Å². The summed E-state index contributed by atoms with van der Waals surface area (Å²) in [7, 11) is 0. The SMILES string of the molecule is CC[C@H](Oc1cc(F)cc(-n2c(C)c(C(=O)c3ccc(Cl)cc3)c3ccc(OC(F)(F)F)cc32)c1)C(=O)O. The third-order valence-electron chi connectivity index (χ3n) is 5.78. The molecule has 1 aromatic heterocycles. The third kappa shape index (κ3) is 5.60. The van der Waals surface area contributed by atoms with Crippen LogP contribution >= 0.6 is 11.6 Å². The van der Waals surface area contributed by atoms with Gasteiger partial charge in [-0.25, -0.2) is 9.18 Å². The molecule has 0 aliphatic rings. The smallest absolute Gasteiger partial charge is 0.479 e. The standard InChI is InChI=1S/C27H20ClF4NO5/c1-3-23(26(35)36)37-20-11-17(29)10-18(12-20)33-14(2)24(25(34)15-4-6-16(28)7-5-15)21-9-8-19(13-22(21)33)38-27(30,31)32/h4-13,23H,3H2,1-2H3,(H,35,36)/t23-/m0/s1. The zero-order valence-corrected chi connectivity index (χ0v) is 20.7. The van der Waals surface area contributed by atoms with Gasteiger partial charge in [-0.3, -0.25) is 4.79 Å². The fourth-order valence-corrected chi connectivity index (χ4v) is 4.30. The number of carboxylic acid groups (broad SMARTS) is 1. The number of carboxylic acids is 1. The normalized spacial score (nSPS) is 12.4. The largest absolute Gasteiger partial charge is 0.573 e. The Hall–Kier alpha value is -4.05. The van der Waals surface area contributed by atoms with E-state index in [-0.39, 0.29) is 34.5 Å². The molecule has 0 aliphatic carbocycles. The lowest BCUT2D eigenvalue weighted by molar-refractivity contribution is -0.274. The van der Waals surface area contributed by atoms with Crippen LogP contribution in [0.2, 0.25) is 5.02 Å². The van der Waals surface area contributed by atoms with Crippen molar-refractivity contribution in [3.63, 3.8) is 0 Å². The van der Waals surface area contributed by atoms with Gasteiger partial charge < -0.3 is 19.1 Å². The summed E-state index contributed by atoms with van der Waals surface area (Å²) in [5.41, 5.74) is 0.976. The predicted molar refractivity (Wildman–Crippen MR) is 132 cm³/mol. The van der Waals surface area contributed by atoms with Crippen molar-refractivity contribution in [2.45, 2.75) is 32.7 Å². The number of aromatic nitrogens is 1. The van der Waals surface area contributed by atoms with Gasteiger partial charge in [0.1, 0.15) is 17.3 Å². The van der Waals surface area contributed by atoms with Gasteiger partial charge >= 0.3 is 12.3 Å². The molecule has 0 saturated carbocycles. The number of alkyl halides is 3. The average molecular weight is 550 g/mol. The van der Waals surface area contributed by atoms with Crippen LogP contribution in [0.3, 0.4) is 0 Å². The van der Waals surface area contributed by atoms with Crippen molar-refractivity contribution >= 4 is 34.3 Å². The first-order chi connectivity index (χ1) is 17.9. The molecule has 0 saturated heterocycles. The van der Waals surface area contributed by atoms with Crippen LogP contribution in [0.1, 0.15) is 35.0 Å². The Labute approximate surface area is 219 Å². The summed E-state index contributed by atoms with van der Waals surface area (Å²) in [5.74, 6) is -3.11. The van der Waals surface area contributed by atoms with Gasteiger partial charge in [0.2, 0.25) is 0 Å². The van der Waals surface area contributed by atoms with Gasteiger partial charge in [-0.1, -0.05) is 18.5 Å². The van der Waals surface area contributed by atoms with Crippen LogP contribution < -0.4 is 9.47 Å². The van der Waals surface area contributed by atoms with Crippen molar-refractivity contribution < 1.29 is 41.7 Å². The lowest BCUT2D eigenvalue weighted by Gasteiger charge is -2.16. The second-order valence-electron chi connectivity index (χ2n) is 8.36. The van der Waals surface area contributed by atoms with E-state index in [0.717, 1.165) is 24.3 Å². The van der Waals surface area contributed by atoms with Gasteiger partial charge in [0.15, 0.2) is 11.9 Å². The van der Waals surface area contributed by atoms with Crippen LogP contribution in [0.5, 0.6) is 11.5 Å². The zero-order chi connectivity index (χ0) is 27.8. The number of hydrogen-bond donors (Lipinski definition) is 1. The van der Waals surface area contributed by atoms with Crippen molar-refractivity contribution in [1.29, 1.82) is 0 Å². The van der Waals surface area contributed by atoms with Crippen molar-refractivity contribution in [1.82, 2.24) is 4.57 Å². The number of ether oxygens (including phenoxy) is 2. The number of nitrogens with zero attached hydrogens (tertiary/aromatic N) is 1. The van der Waals surface area contributed by atoms with E-state index in [0.29, 0.717) is 16.1 Å². The van der Waals surface area contributed by atoms with Crippen molar-refractivity contribution in [2.24, 2.45) is 0 Å². The molecule has 0 amide bonds. The molecule has 1 atom stereocenters. The van der Waals surface area contributed by atoms with Crippen LogP contribution in [-0.4, -0.2) is 33.9 Å². The maximum atomic E-state index is 14.7. The van der Waals surface area contributed by atoms with Gasteiger partial charge in [-0.15, -0.1) is 13.2 Å². The highest BCUT2D eigenvalue weighted by atomic mass is 35.5. The summed E-state index contributed by atoms with van der Waals surface area (Å²) >= 11 is 5.93. The minimum Gasteiger partial charge on any atom is -0.479 e. The number of rotatable bonds is 8. The Kier molecular flexibility index (Phi) is 7.37. The zero-order valence-electron chi connectivity index (χ0n) is 20.0. The molecule has 4 aromatic rings. The molecule has 0 fully saturated rings. The van der Waals surface area contributed by atoms with Gasteiger partial charge in [0, 0.05) is 39.9 Å². The van der Waals surface area contributed by atoms with E-state index in [4.69, 9.17) is 16.3 Å². The van der Waals surface area contributed by atoms with E-state index < -0.39 is 35.8 Å². The molecule has 11 heteroatoms. The first-order valence-electron chi connectivity index (χ1n) is 11.3. The highest BCUT2D eigenvalue weighted by Crippen LogP contribution is 2.36. The monoisotopic (exact) mass is 549 g/mol. The Balaban J connectivity index is 1.94. The molecule has 0 radical (unpaired) electrons. The Morgan fingerprint density at radius 1 is 1.03 bits per heavy atom. The molecule has 38 heavy (non-hydrogen) atoms. The van der Waals surface area contributed by atoms with Crippen molar-refractivity contribution in [3.8, 4) is 17.2 Å². The number of benzene rings is 3. The van der Waals surface area contributed by atoms with Crippen LogP contribution in [0, 0.1) is 12.7 Å². The van der Waals surface area contributed by atoms with E-state index in [1.54, 1.807) is 13.8 Å². The number of ketones is 1. The Morgan fingerprint density at radius 3 is 2.32 bits per heavy atom. The molecule has 0 unspecified atom stereocenters. The van der Waals surface area contributed by atoms with E-state index in [1.165, 1.54) is 41.0 Å². The maximum Gasteiger partial charge on any atom is 0.573 e. The number of carbonyl (C=O) groups is 2. The van der Waals surface area contributed by atoms with Crippen LogP contribution in [-0.2, 0) is 4.79 Å². The number of hydrogen-bond acceptors (Lipinski definition) is 4. The second kappa shape index (κ2) is 10.4. The number of halogens is 5. The number of fused-ring (bicyclic) bond motifs is 1. The molecular weight excluding hydrogens is 530 g/mol. The lowest BCUT2D eigenvalue weighted by atomic mass is 10.0. The van der Waals surface area contributed by atoms with Gasteiger partial charge in [0.05, 0.1) is 16.8 Å². The summed E-state index contributed by atoms with van der Waals surface area (Å²) in [6, 6.07) is 13.0. The minimum absolute atomic E-state index is 0.0991. The average Bonchev–Trinajstić information content (AvgIpc) is 3.11. The van der Waals surface area contributed by atoms with E-state index >= 15 is 0 Å². The fraction of sp³-hybridized carbons (Fsp3) is 0.185. The summed E-state index contributed by atoms with van der Waals surface area (Å²) in [6.45, 7) is 3.14. The summed E-state index contributed by atoms with van der Waals surface area (Å²) in [4.78, 5) is 24.9. The highest BCUT2D eigenvalue weighted by molar-refractivity contribution is 6.30. The molecule has 4 rings (SSSR count). The topological polar surface area (TPSA) is 77.8 Å². The molecule has 0 bridgehead atoms. The first kappa shape index (κ1) is 27.0. The van der Waals surface area contributed by atoms with Gasteiger partial charge in [-0.05, 0) is 55.8 Å². The van der Waals surface area contributed by atoms with Gasteiger partial charge in [0.25, 0.3) is 0 Å². The van der Waals surface area contributed by atoms with Crippen molar-refractivity contribution in [3.05, 3.63) is 88.3 Å². The van der Waals surface area contributed by atoms with E-state index in [9.17, 15) is 32.3 Å². The van der Waals surface area contributed by atoms with E-state index in [1.807, 2.05) is 0 Å². The molecular formula is C27H20ClF4NO5. The van der Waals surface area contributed by atoms with Gasteiger partial charge in [-0.2, -0.15) is 0 Å². The molecule has 3 aromatic carbocycles. The van der Waals surface area contributed by atoms with Crippen molar-refractivity contribution in [2.75, 3.05) is 0 Å². The van der Waals surface area contributed by atoms with E-state index in [2.05, 4.69) is 4.74 Å². The number of carbonyl (C=O) groups excluding carboxylic acids is 1. The fourth-order valence-electron chi connectivity index (χ4n) is 4.18. The molecule has 198 valence electrons. The predicted octanol–water partition coefficient (Wildman–Crippen LogP) is 7.10.